The topological polar surface area (TPSA) is 38.7 Å². The van der Waals surface area contributed by atoms with Gasteiger partial charge in [-0.25, -0.2) is 0 Å². The van der Waals surface area contributed by atoms with E-state index in [-0.39, 0.29) is 11.7 Å². The summed E-state index contributed by atoms with van der Waals surface area (Å²) in [7, 11) is 0. The molecule has 2 unspecified atom stereocenters. The number of hydrogen-bond donors (Lipinski definition) is 1. The Morgan fingerprint density at radius 2 is 2.00 bits per heavy atom. The summed E-state index contributed by atoms with van der Waals surface area (Å²) in [5.74, 6) is 3.49. The van der Waals surface area contributed by atoms with Crippen LogP contribution in [0, 0.1) is 5.92 Å². The highest BCUT2D eigenvalue weighted by Gasteiger charge is 2.48. The van der Waals surface area contributed by atoms with Gasteiger partial charge in [0.05, 0.1) is 12.7 Å². The van der Waals surface area contributed by atoms with Crippen molar-refractivity contribution in [3.63, 3.8) is 0 Å². The molecule has 0 bridgehead atoms. The lowest BCUT2D eigenvalue weighted by Gasteiger charge is -2.49. The molecule has 1 saturated carbocycles. The van der Waals surface area contributed by atoms with Crippen LogP contribution in [-0.4, -0.2) is 23.4 Å². The summed E-state index contributed by atoms with van der Waals surface area (Å²) in [5.41, 5.74) is 2.46. The zero-order chi connectivity index (χ0) is 18.3. The molecule has 0 saturated heterocycles. The van der Waals surface area contributed by atoms with Crippen molar-refractivity contribution in [3.05, 3.63) is 23.3 Å². The van der Waals surface area contributed by atoms with Crippen LogP contribution >= 0.6 is 0 Å². The Labute approximate surface area is 158 Å². The number of aliphatic hydroxyl groups is 1. The predicted molar refractivity (Wildman–Crippen MR) is 104 cm³/mol. The molecule has 144 valence electrons. The Bertz CT molecular complexity index is 651. The molecule has 3 heteroatoms. The van der Waals surface area contributed by atoms with E-state index in [1.807, 2.05) is 0 Å². The molecule has 0 amide bonds. The number of unbranched alkanes of at least 4 members (excludes halogenated alkanes) is 2. The van der Waals surface area contributed by atoms with Crippen LogP contribution in [0.1, 0.15) is 95.1 Å². The third-order valence-corrected chi connectivity index (χ3v) is 6.95. The molecule has 2 heterocycles. The number of fused-ring (bicyclic) bond motifs is 5. The maximum absolute atomic E-state index is 10.4. The number of hydrogen-bond acceptors (Lipinski definition) is 3. The number of benzene rings is 1. The molecule has 1 aromatic rings. The third-order valence-electron chi connectivity index (χ3n) is 6.95. The van der Waals surface area contributed by atoms with Gasteiger partial charge in [-0.1, -0.05) is 32.3 Å². The first-order valence-electron chi connectivity index (χ1n) is 10.7. The van der Waals surface area contributed by atoms with Gasteiger partial charge in [0.2, 0.25) is 0 Å². The lowest BCUT2D eigenvalue weighted by molar-refractivity contribution is -0.0321. The largest absolute Gasteiger partial charge is 0.493 e. The Morgan fingerprint density at radius 1 is 1.15 bits per heavy atom. The van der Waals surface area contributed by atoms with E-state index in [2.05, 4.69) is 32.9 Å². The zero-order valence-corrected chi connectivity index (χ0v) is 16.6. The molecule has 0 radical (unpaired) electrons. The van der Waals surface area contributed by atoms with Crippen LogP contribution in [0.2, 0.25) is 0 Å². The van der Waals surface area contributed by atoms with Crippen LogP contribution in [-0.2, 0) is 0 Å². The zero-order valence-electron chi connectivity index (χ0n) is 16.6. The molecule has 4 atom stereocenters. The molecule has 3 nitrogen and oxygen atoms in total. The van der Waals surface area contributed by atoms with Crippen molar-refractivity contribution in [1.82, 2.24) is 0 Å². The first-order valence-corrected chi connectivity index (χ1v) is 10.7. The van der Waals surface area contributed by atoms with Gasteiger partial charge in [-0.2, -0.15) is 0 Å². The lowest BCUT2D eigenvalue weighted by Crippen LogP contribution is -2.47. The predicted octanol–water partition coefficient (Wildman–Crippen LogP) is 5.55. The molecule has 1 aromatic carbocycles. The lowest BCUT2D eigenvalue weighted by atomic mass is 9.65. The molecule has 4 rings (SSSR count). The Balaban J connectivity index is 1.72. The molecular formula is C23H34O3. The second-order valence-electron chi connectivity index (χ2n) is 9.11. The van der Waals surface area contributed by atoms with Crippen LogP contribution < -0.4 is 9.47 Å². The van der Waals surface area contributed by atoms with Gasteiger partial charge in [-0.15, -0.1) is 0 Å². The molecule has 1 aliphatic carbocycles. The summed E-state index contributed by atoms with van der Waals surface area (Å²) in [6.45, 7) is 7.49. The fourth-order valence-corrected chi connectivity index (χ4v) is 5.58. The van der Waals surface area contributed by atoms with Crippen molar-refractivity contribution in [2.24, 2.45) is 5.92 Å². The maximum atomic E-state index is 10.4. The van der Waals surface area contributed by atoms with Crippen LogP contribution in [0.5, 0.6) is 11.5 Å². The molecule has 2 aliphatic heterocycles. The Morgan fingerprint density at radius 3 is 2.81 bits per heavy atom. The SMILES string of the molecule is CCCCCC1CCOc2c1ccc1c2C2C[C@H](O)CC[C@H]2C(C)(C)O1. The standard InChI is InChI=1S/C23H34O3/c1-4-5-6-7-15-12-13-25-22-17(15)9-11-20-21(22)18-14-16(24)8-10-19(18)23(2,3)26-20/h9,11,15-16,18-19,24H,4-8,10,12-14H2,1-3H3/t15?,16-,18?,19-/m1/s1. The van der Waals surface area contributed by atoms with Gasteiger partial charge in [-0.3, -0.25) is 0 Å². The molecular weight excluding hydrogens is 324 g/mol. The Hall–Kier alpha value is -1.22. The third kappa shape index (κ3) is 3.13. The van der Waals surface area contributed by atoms with Gasteiger partial charge in [0, 0.05) is 17.4 Å². The minimum atomic E-state index is -0.196. The Kier molecular flexibility index (Phi) is 4.94. The average Bonchev–Trinajstić information content (AvgIpc) is 2.60. The smallest absolute Gasteiger partial charge is 0.129 e. The summed E-state index contributed by atoms with van der Waals surface area (Å²) in [4.78, 5) is 0. The highest BCUT2D eigenvalue weighted by atomic mass is 16.5. The first kappa shape index (κ1) is 18.2. The van der Waals surface area contributed by atoms with Gasteiger partial charge in [-0.05, 0) is 63.5 Å². The van der Waals surface area contributed by atoms with Gasteiger partial charge in [0.15, 0.2) is 0 Å². The van der Waals surface area contributed by atoms with Crippen molar-refractivity contribution in [2.75, 3.05) is 6.61 Å². The summed E-state index contributed by atoms with van der Waals surface area (Å²) in [5, 5.41) is 10.4. The summed E-state index contributed by atoms with van der Waals surface area (Å²) in [6, 6.07) is 4.42. The fraction of sp³-hybridized carbons (Fsp3) is 0.739. The molecule has 1 fully saturated rings. The van der Waals surface area contributed by atoms with Crippen molar-refractivity contribution in [2.45, 2.75) is 95.7 Å². The maximum Gasteiger partial charge on any atom is 0.129 e. The van der Waals surface area contributed by atoms with Gasteiger partial charge in [0.1, 0.15) is 17.1 Å². The van der Waals surface area contributed by atoms with Gasteiger partial charge in [0.25, 0.3) is 0 Å². The summed E-state index contributed by atoms with van der Waals surface area (Å²) >= 11 is 0. The van der Waals surface area contributed by atoms with Crippen molar-refractivity contribution in [1.29, 1.82) is 0 Å². The molecule has 26 heavy (non-hydrogen) atoms. The average molecular weight is 359 g/mol. The molecule has 3 aliphatic rings. The minimum Gasteiger partial charge on any atom is -0.493 e. The van der Waals surface area contributed by atoms with E-state index in [1.165, 1.54) is 36.8 Å². The monoisotopic (exact) mass is 358 g/mol. The normalized spacial score (nSPS) is 31.8. The quantitative estimate of drug-likeness (QED) is 0.717. The van der Waals surface area contributed by atoms with E-state index in [0.29, 0.717) is 17.8 Å². The highest BCUT2D eigenvalue weighted by molar-refractivity contribution is 5.56. The van der Waals surface area contributed by atoms with Crippen molar-refractivity contribution < 1.29 is 14.6 Å². The van der Waals surface area contributed by atoms with E-state index < -0.39 is 0 Å². The van der Waals surface area contributed by atoms with Crippen molar-refractivity contribution >= 4 is 0 Å². The summed E-state index contributed by atoms with van der Waals surface area (Å²) < 4.78 is 12.7. The molecule has 1 N–H and O–H groups in total. The number of ether oxygens (including phenoxy) is 2. The second-order valence-corrected chi connectivity index (χ2v) is 9.11. The van der Waals surface area contributed by atoms with Crippen LogP contribution in [0.4, 0.5) is 0 Å². The van der Waals surface area contributed by atoms with E-state index in [4.69, 9.17) is 9.47 Å². The van der Waals surface area contributed by atoms with E-state index >= 15 is 0 Å². The van der Waals surface area contributed by atoms with Crippen LogP contribution in [0.15, 0.2) is 12.1 Å². The van der Waals surface area contributed by atoms with E-state index in [9.17, 15) is 5.11 Å². The summed E-state index contributed by atoms with van der Waals surface area (Å²) in [6.07, 6.45) is 8.82. The van der Waals surface area contributed by atoms with Crippen LogP contribution in [0.3, 0.4) is 0 Å². The van der Waals surface area contributed by atoms with Crippen molar-refractivity contribution in [3.8, 4) is 11.5 Å². The highest BCUT2D eigenvalue weighted by Crippen LogP contribution is 2.56. The second kappa shape index (κ2) is 7.07. The first-order chi connectivity index (χ1) is 12.5. The van der Waals surface area contributed by atoms with Gasteiger partial charge >= 0.3 is 0 Å². The van der Waals surface area contributed by atoms with Crippen LogP contribution in [0.25, 0.3) is 0 Å². The molecule has 0 aromatic heterocycles. The number of rotatable bonds is 4. The van der Waals surface area contributed by atoms with E-state index in [1.54, 1.807) is 0 Å². The number of aliphatic hydroxyl groups excluding tert-OH is 1. The fourth-order valence-electron chi connectivity index (χ4n) is 5.58. The van der Waals surface area contributed by atoms with E-state index in [0.717, 1.165) is 43.8 Å². The minimum absolute atomic E-state index is 0.179. The molecule has 0 spiro atoms. The van der Waals surface area contributed by atoms with Gasteiger partial charge < -0.3 is 14.6 Å².